The van der Waals surface area contributed by atoms with Crippen LogP contribution in [0.15, 0.2) is 24.3 Å². The molecule has 0 heterocycles. The first kappa shape index (κ1) is 24.5. The summed E-state index contributed by atoms with van der Waals surface area (Å²) in [6.07, 6.45) is 21.2. The predicted molar refractivity (Wildman–Crippen MR) is 124 cm³/mol. The van der Waals surface area contributed by atoms with Gasteiger partial charge >= 0.3 is 5.97 Å². The van der Waals surface area contributed by atoms with E-state index in [0.717, 1.165) is 12.8 Å². The SMILES string of the molecule is O=C(O)CCCCCCCCCCCCCCCCCc1ccc(I)cc1. The van der Waals surface area contributed by atoms with Gasteiger partial charge in [0.1, 0.15) is 0 Å². The number of halogens is 1. The molecule has 0 aliphatic heterocycles. The van der Waals surface area contributed by atoms with Gasteiger partial charge in [0.2, 0.25) is 0 Å². The fourth-order valence-electron chi connectivity index (χ4n) is 3.55. The lowest BCUT2D eigenvalue weighted by atomic mass is 10.0. The largest absolute Gasteiger partial charge is 0.481 e. The van der Waals surface area contributed by atoms with E-state index in [2.05, 4.69) is 46.9 Å². The molecule has 0 aromatic heterocycles. The van der Waals surface area contributed by atoms with Crippen LogP contribution in [-0.2, 0) is 11.2 Å². The molecule has 27 heavy (non-hydrogen) atoms. The van der Waals surface area contributed by atoms with Crippen molar-refractivity contribution < 1.29 is 9.90 Å². The van der Waals surface area contributed by atoms with Crippen LogP contribution in [0.5, 0.6) is 0 Å². The molecule has 1 aromatic carbocycles. The van der Waals surface area contributed by atoms with Crippen molar-refractivity contribution in [2.75, 3.05) is 0 Å². The number of benzene rings is 1. The van der Waals surface area contributed by atoms with Gasteiger partial charge in [-0.2, -0.15) is 0 Å². The minimum Gasteiger partial charge on any atom is -0.481 e. The molecule has 3 heteroatoms. The number of aliphatic carboxylic acids is 1. The van der Waals surface area contributed by atoms with Gasteiger partial charge in [-0.15, -0.1) is 0 Å². The van der Waals surface area contributed by atoms with Crippen LogP contribution in [0, 0.1) is 3.57 Å². The van der Waals surface area contributed by atoms with E-state index >= 15 is 0 Å². The number of carboxylic acid groups (broad SMARTS) is 1. The Morgan fingerprint density at radius 1 is 0.630 bits per heavy atom. The van der Waals surface area contributed by atoms with Gasteiger partial charge in [-0.3, -0.25) is 4.79 Å². The summed E-state index contributed by atoms with van der Waals surface area (Å²) in [6.45, 7) is 0. The van der Waals surface area contributed by atoms with Crippen molar-refractivity contribution in [1.82, 2.24) is 0 Å². The maximum absolute atomic E-state index is 10.4. The molecule has 154 valence electrons. The van der Waals surface area contributed by atoms with Gasteiger partial charge < -0.3 is 5.11 Å². The third-order valence-electron chi connectivity index (χ3n) is 5.27. The molecule has 0 saturated carbocycles. The van der Waals surface area contributed by atoms with E-state index in [9.17, 15) is 4.79 Å². The molecule has 2 nitrogen and oxygen atoms in total. The van der Waals surface area contributed by atoms with Crippen LogP contribution >= 0.6 is 22.6 Å². The quantitative estimate of drug-likeness (QED) is 0.168. The summed E-state index contributed by atoms with van der Waals surface area (Å²) in [5.41, 5.74) is 1.48. The number of carboxylic acids is 1. The highest BCUT2D eigenvalue weighted by molar-refractivity contribution is 14.1. The van der Waals surface area contributed by atoms with Crippen LogP contribution in [0.1, 0.15) is 108 Å². The molecule has 1 N–H and O–H groups in total. The van der Waals surface area contributed by atoms with Gasteiger partial charge in [-0.25, -0.2) is 0 Å². The van der Waals surface area contributed by atoms with E-state index in [0.29, 0.717) is 6.42 Å². The number of unbranched alkanes of at least 4 members (excludes halogenated alkanes) is 14. The maximum Gasteiger partial charge on any atom is 0.303 e. The van der Waals surface area contributed by atoms with Crippen molar-refractivity contribution in [3.8, 4) is 0 Å². The first-order valence-electron chi connectivity index (χ1n) is 11.1. The topological polar surface area (TPSA) is 37.3 Å². The zero-order valence-corrected chi connectivity index (χ0v) is 19.2. The predicted octanol–water partition coefficient (Wildman–Crippen LogP) is 8.16. The van der Waals surface area contributed by atoms with Crippen LogP contribution in [-0.4, -0.2) is 11.1 Å². The normalized spacial score (nSPS) is 11.0. The third-order valence-corrected chi connectivity index (χ3v) is 5.99. The Hall–Kier alpha value is -0.580. The first-order chi connectivity index (χ1) is 13.2. The van der Waals surface area contributed by atoms with Gasteiger partial charge in [0.25, 0.3) is 0 Å². The van der Waals surface area contributed by atoms with E-state index < -0.39 is 5.97 Å². The van der Waals surface area contributed by atoms with Gasteiger partial charge in [0.05, 0.1) is 0 Å². The number of aryl methyl sites for hydroxylation is 1. The summed E-state index contributed by atoms with van der Waals surface area (Å²) in [7, 11) is 0. The summed E-state index contributed by atoms with van der Waals surface area (Å²) in [5.74, 6) is -0.656. The Morgan fingerprint density at radius 2 is 1.00 bits per heavy atom. The molecule has 0 atom stereocenters. The van der Waals surface area contributed by atoms with Crippen molar-refractivity contribution in [1.29, 1.82) is 0 Å². The molecule has 0 radical (unpaired) electrons. The highest BCUT2D eigenvalue weighted by Crippen LogP contribution is 2.15. The maximum atomic E-state index is 10.4. The highest BCUT2D eigenvalue weighted by Gasteiger charge is 1.98. The van der Waals surface area contributed by atoms with Gasteiger partial charge in [-0.05, 0) is 59.5 Å². The Balaban J connectivity index is 1.73. The van der Waals surface area contributed by atoms with Crippen LogP contribution in [0.3, 0.4) is 0 Å². The number of rotatable bonds is 18. The van der Waals surface area contributed by atoms with Gasteiger partial charge in [0.15, 0.2) is 0 Å². The molecule has 0 aliphatic rings. The second kappa shape index (κ2) is 17.5. The Morgan fingerprint density at radius 3 is 1.41 bits per heavy atom. The van der Waals surface area contributed by atoms with Crippen molar-refractivity contribution in [3.05, 3.63) is 33.4 Å². The number of carbonyl (C=O) groups is 1. The Bertz CT molecular complexity index is 470. The van der Waals surface area contributed by atoms with E-state index in [1.807, 2.05) is 0 Å². The molecule has 0 aliphatic carbocycles. The standard InChI is InChI=1S/C24H39IO2/c25-23-20-18-22(19-21-23)16-14-12-10-8-6-4-2-1-3-5-7-9-11-13-15-17-24(26)27/h18-21H,1-17H2,(H,26,27). The van der Waals surface area contributed by atoms with Crippen molar-refractivity contribution in [3.63, 3.8) is 0 Å². The summed E-state index contributed by atoms with van der Waals surface area (Å²) in [4.78, 5) is 10.4. The summed E-state index contributed by atoms with van der Waals surface area (Å²) in [5, 5.41) is 8.58. The van der Waals surface area contributed by atoms with Crippen LogP contribution in [0.2, 0.25) is 0 Å². The molecule has 1 aromatic rings. The summed E-state index contributed by atoms with van der Waals surface area (Å²) < 4.78 is 1.32. The molecular formula is C24H39IO2. The van der Waals surface area contributed by atoms with Crippen LogP contribution < -0.4 is 0 Å². The number of hydrogen-bond acceptors (Lipinski definition) is 1. The summed E-state index contributed by atoms with van der Waals surface area (Å²) in [6, 6.07) is 8.94. The summed E-state index contributed by atoms with van der Waals surface area (Å²) >= 11 is 2.36. The minimum absolute atomic E-state index is 0.340. The molecule has 1 rings (SSSR count). The molecule has 0 saturated heterocycles. The van der Waals surface area contributed by atoms with E-state index in [1.165, 1.54) is 99.0 Å². The lowest BCUT2D eigenvalue weighted by Crippen LogP contribution is -1.93. The Labute approximate surface area is 180 Å². The average Bonchev–Trinajstić information content (AvgIpc) is 2.65. The van der Waals surface area contributed by atoms with E-state index in [4.69, 9.17) is 5.11 Å². The van der Waals surface area contributed by atoms with Crippen molar-refractivity contribution in [2.24, 2.45) is 0 Å². The smallest absolute Gasteiger partial charge is 0.303 e. The van der Waals surface area contributed by atoms with Gasteiger partial charge in [-0.1, -0.05) is 95.6 Å². The zero-order chi connectivity index (χ0) is 19.6. The zero-order valence-electron chi connectivity index (χ0n) is 17.1. The van der Waals surface area contributed by atoms with Crippen LogP contribution in [0.4, 0.5) is 0 Å². The van der Waals surface area contributed by atoms with E-state index in [1.54, 1.807) is 0 Å². The van der Waals surface area contributed by atoms with E-state index in [-0.39, 0.29) is 0 Å². The lowest BCUT2D eigenvalue weighted by Gasteiger charge is -2.04. The third kappa shape index (κ3) is 16.1. The molecule has 0 unspecified atom stereocenters. The molecule has 0 spiro atoms. The molecular weight excluding hydrogens is 447 g/mol. The lowest BCUT2D eigenvalue weighted by molar-refractivity contribution is -0.137. The first-order valence-corrected chi connectivity index (χ1v) is 12.2. The average molecular weight is 486 g/mol. The monoisotopic (exact) mass is 486 g/mol. The second-order valence-corrected chi connectivity index (χ2v) is 9.07. The second-order valence-electron chi connectivity index (χ2n) is 7.82. The molecule has 0 fully saturated rings. The van der Waals surface area contributed by atoms with Gasteiger partial charge in [0, 0.05) is 9.99 Å². The van der Waals surface area contributed by atoms with Crippen LogP contribution in [0.25, 0.3) is 0 Å². The van der Waals surface area contributed by atoms with Crippen molar-refractivity contribution in [2.45, 2.75) is 109 Å². The Kier molecular flexibility index (Phi) is 15.9. The molecule has 0 bridgehead atoms. The number of hydrogen-bond donors (Lipinski definition) is 1. The highest BCUT2D eigenvalue weighted by atomic mass is 127. The fraction of sp³-hybridized carbons (Fsp3) is 0.708. The molecule has 0 amide bonds. The minimum atomic E-state index is -0.656. The fourth-order valence-corrected chi connectivity index (χ4v) is 3.91. The van der Waals surface area contributed by atoms with Crippen molar-refractivity contribution >= 4 is 28.6 Å².